The molecule has 0 bridgehead atoms. The second kappa shape index (κ2) is 5.58. The lowest BCUT2D eigenvalue weighted by Crippen LogP contribution is -1.96. The largest absolute Gasteiger partial charge is 0.269 e. The number of alkyl halides is 1. The number of hydrogen-bond donors (Lipinski definition) is 0. The molecule has 0 fully saturated rings. The number of nitrogens with zero attached hydrogens (tertiary/aromatic N) is 2. The van der Waals surface area contributed by atoms with Gasteiger partial charge in [-0.3, -0.25) is 10.1 Å². The monoisotopic (exact) mass is 326 g/mol. The first-order valence-corrected chi connectivity index (χ1v) is 7.15. The van der Waals surface area contributed by atoms with Crippen LogP contribution in [-0.2, 0) is 6.42 Å². The van der Waals surface area contributed by atoms with E-state index in [1.54, 1.807) is 23.5 Å². The molecule has 1 heterocycles. The van der Waals surface area contributed by atoms with E-state index in [4.69, 9.17) is 0 Å². The third-order valence-corrected chi connectivity index (χ3v) is 4.10. The number of benzene rings is 1. The van der Waals surface area contributed by atoms with E-state index in [0.717, 1.165) is 22.7 Å². The van der Waals surface area contributed by atoms with E-state index in [-0.39, 0.29) is 15.4 Å². The summed E-state index contributed by atoms with van der Waals surface area (Å²) in [4.78, 5) is 14.7. The highest BCUT2D eigenvalue weighted by Gasteiger charge is 2.12. The van der Waals surface area contributed by atoms with Crippen molar-refractivity contribution in [2.75, 3.05) is 0 Å². The highest BCUT2D eigenvalue weighted by Crippen LogP contribution is 2.28. The van der Waals surface area contributed by atoms with Crippen LogP contribution in [-0.4, -0.2) is 9.91 Å². The van der Waals surface area contributed by atoms with Gasteiger partial charge in [0.1, 0.15) is 0 Å². The first-order chi connectivity index (χ1) is 8.56. The summed E-state index contributed by atoms with van der Waals surface area (Å²) in [7, 11) is 0. The van der Waals surface area contributed by atoms with E-state index in [1.165, 1.54) is 12.1 Å². The maximum atomic E-state index is 10.5. The van der Waals surface area contributed by atoms with Crippen LogP contribution in [0.1, 0.15) is 21.1 Å². The van der Waals surface area contributed by atoms with Crippen LogP contribution in [0.2, 0.25) is 0 Å². The Hall–Kier alpha value is -1.27. The standard InChI is InChI=1S/C12H11BrN2O2S/c1-8-14-12(7-18-8)11(13)6-9-2-4-10(5-3-9)15(16)17/h2-5,7,11H,6H2,1H3. The molecular formula is C12H11BrN2O2S. The van der Waals surface area contributed by atoms with Gasteiger partial charge in [-0.05, 0) is 18.9 Å². The van der Waals surface area contributed by atoms with Gasteiger partial charge in [-0.1, -0.05) is 28.1 Å². The molecule has 0 N–H and O–H groups in total. The molecule has 1 unspecified atom stereocenters. The number of nitro benzene ring substituents is 1. The van der Waals surface area contributed by atoms with Crippen LogP contribution >= 0.6 is 27.3 Å². The van der Waals surface area contributed by atoms with Crippen LogP contribution in [0, 0.1) is 17.0 Å². The molecule has 1 aromatic heterocycles. The lowest BCUT2D eigenvalue weighted by atomic mass is 10.1. The number of aromatic nitrogens is 1. The minimum atomic E-state index is -0.390. The molecule has 2 rings (SSSR count). The van der Waals surface area contributed by atoms with Crippen LogP contribution in [0.5, 0.6) is 0 Å². The third kappa shape index (κ3) is 3.14. The van der Waals surface area contributed by atoms with Crippen LogP contribution in [0.15, 0.2) is 29.6 Å². The van der Waals surface area contributed by atoms with Crippen molar-refractivity contribution in [3.05, 3.63) is 56.0 Å². The summed E-state index contributed by atoms with van der Waals surface area (Å²) in [6.07, 6.45) is 0.765. The maximum absolute atomic E-state index is 10.5. The Balaban J connectivity index is 2.07. The number of rotatable bonds is 4. The van der Waals surface area contributed by atoms with Gasteiger partial charge in [0.2, 0.25) is 0 Å². The first kappa shape index (κ1) is 13.2. The average molecular weight is 327 g/mol. The smallest absolute Gasteiger partial charge is 0.258 e. The molecule has 2 aromatic rings. The molecule has 0 aliphatic rings. The zero-order valence-corrected chi connectivity index (χ0v) is 12.1. The Labute approximate surface area is 117 Å². The van der Waals surface area contributed by atoms with E-state index in [2.05, 4.69) is 20.9 Å². The average Bonchev–Trinajstić information content (AvgIpc) is 2.76. The number of halogens is 1. The molecule has 0 aliphatic heterocycles. The Morgan fingerprint density at radius 3 is 2.61 bits per heavy atom. The zero-order valence-electron chi connectivity index (χ0n) is 9.67. The number of nitro groups is 1. The summed E-state index contributed by atoms with van der Waals surface area (Å²) in [5.74, 6) is 0. The molecule has 1 atom stereocenters. The lowest BCUT2D eigenvalue weighted by molar-refractivity contribution is -0.384. The van der Waals surface area contributed by atoms with Gasteiger partial charge in [-0.25, -0.2) is 4.98 Å². The second-order valence-corrected chi connectivity index (χ2v) is 6.05. The van der Waals surface area contributed by atoms with E-state index in [1.807, 2.05) is 12.3 Å². The van der Waals surface area contributed by atoms with E-state index >= 15 is 0 Å². The van der Waals surface area contributed by atoms with Crippen molar-refractivity contribution in [1.82, 2.24) is 4.98 Å². The topological polar surface area (TPSA) is 56.0 Å². The van der Waals surface area contributed by atoms with Gasteiger partial charge in [0, 0.05) is 17.5 Å². The number of hydrogen-bond acceptors (Lipinski definition) is 4. The van der Waals surface area contributed by atoms with Crippen molar-refractivity contribution in [3.63, 3.8) is 0 Å². The van der Waals surface area contributed by atoms with Gasteiger partial charge in [0.05, 0.1) is 20.5 Å². The molecule has 0 saturated carbocycles. The SMILES string of the molecule is Cc1nc(C(Br)Cc2ccc([N+](=O)[O-])cc2)cs1. The quantitative estimate of drug-likeness (QED) is 0.484. The molecule has 4 nitrogen and oxygen atoms in total. The highest BCUT2D eigenvalue weighted by molar-refractivity contribution is 9.09. The van der Waals surface area contributed by atoms with Gasteiger partial charge in [-0.2, -0.15) is 0 Å². The Morgan fingerprint density at radius 2 is 2.11 bits per heavy atom. The molecular weight excluding hydrogens is 316 g/mol. The summed E-state index contributed by atoms with van der Waals surface area (Å²) in [6.45, 7) is 1.97. The minimum absolute atomic E-state index is 0.120. The van der Waals surface area contributed by atoms with Crippen molar-refractivity contribution in [3.8, 4) is 0 Å². The summed E-state index contributed by atoms with van der Waals surface area (Å²) >= 11 is 5.21. The molecule has 0 aliphatic carbocycles. The van der Waals surface area contributed by atoms with Crippen LogP contribution in [0.3, 0.4) is 0 Å². The van der Waals surface area contributed by atoms with Crippen molar-refractivity contribution >= 4 is 33.0 Å². The van der Waals surface area contributed by atoms with Gasteiger partial charge in [0.25, 0.3) is 5.69 Å². The minimum Gasteiger partial charge on any atom is -0.258 e. The van der Waals surface area contributed by atoms with Crippen LogP contribution in [0.25, 0.3) is 0 Å². The lowest BCUT2D eigenvalue weighted by Gasteiger charge is -2.06. The fourth-order valence-electron chi connectivity index (χ4n) is 1.59. The Kier molecular flexibility index (Phi) is 4.08. The molecule has 0 amide bonds. The van der Waals surface area contributed by atoms with Gasteiger partial charge >= 0.3 is 0 Å². The van der Waals surface area contributed by atoms with Crippen molar-refractivity contribution in [2.45, 2.75) is 18.2 Å². The summed E-state index contributed by atoms with van der Waals surface area (Å²) in [5, 5.41) is 13.6. The maximum Gasteiger partial charge on any atom is 0.269 e. The van der Waals surface area contributed by atoms with E-state index < -0.39 is 0 Å². The van der Waals surface area contributed by atoms with Crippen LogP contribution < -0.4 is 0 Å². The van der Waals surface area contributed by atoms with Crippen LogP contribution in [0.4, 0.5) is 5.69 Å². The Morgan fingerprint density at radius 1 is 1.44 bits per heavy atom. The van der Waals surface area contributed by atoms with Gasteiger partial charge < -0.3 is 0 Å². The molecule has 94 valence electrons. The van der Waals surface area contributed by atoms with Gasteiger partial charge in [-0.15, -0.1) is 11.3 Å². The summed E-state index contributed by atoms with van der Waals surface area (Å²) in [6, 6.07) is 6.62. The molecule has 6 heteroatoms. The summed E-state index contributed by atoms with van der Waals surface area (Å²) in [5.41, 5.74) is 2.18. The van der Waals surface area contributed by atoms with Crippen molar-refractivity contribution in [1.29, 1.82) is 0 Å². The zero-order chi connectivity index (χ0) is 13.1. The molecule has 0 saturated heterocycles. The molecule has 1 aromatic carbocycles. The van der Waals surface area contributed by atoms with E-state index in [9.17, 15) is 10.1 Å². The second-order valence-electron chi connectivity index (χ2n) is 3.89. The molecule has 18 heavy (non-hydrogen) atoms. The molecule has 0 spiro atoms. The van der Waals surface area contributed by atoms with Crippen molar-refractivity contribution in [2.24, 2.45) is 0 Å². The predicted molar refractivity (Wildman–Crippen MR) is 75.3 cm³/mol. The highest BCUT2D eigenvalue weighted by atomic mass is 79.9. The fraction of sp³-hybridized carbons (Fsp3) is 0.250. The number of non-ortho nitro benzene ring substituents is 1. The fourth-order valence-corrected chi connectivity index (χ4v) is 3.04. The third-order valence-electron chi connectivity index (χ3n) is 2.52. The van der Waals surface area contributed by atoms with Gasteiger partial charge in [0.15, 0.2) is 0 Å². The summed E-state index contributed by atoms with van der Waals surface area (Å²) < 4.78 is 0. The van der Waals surface area contributed by atoms with E-state index in [0.29, 0.717) is 0 Å². The Bertz CT molecular complexity index is 553. The normalized spacial score (nSPS) is 12.3. The van der Waals surface area contributed by atoms with Crippen molar-refractivity contribution < 1.29 is 4.92 Å². The molecule has 0 radical (unpaired) electrons. The number of aryl methyl sites for hydroxylation is 1. The first-order valence-electron chi connectivity index (χ1n) is 5.35. The predicted octanol–water partition coefficient (Wildman–Crippen LogP) is 4.04. The number of thiazole rings is 1.